The average Bonchev–Trinajstić information content (AvgIpc) is 3.30. The number of nitrogens with zero attached hydrogens (tertiary/aromatic N) is 3. The third kappa shape index (κ3) is 5.28. The molecule has 0 saturated heterocycles. The molecule has 0 amide bonds. The number of carbonyl (C=O) groups excluding carboxylic acids is 1. The van der Waals surface area contributed by atoms with E-state index in [4.69, 9.17) is 9.47 Å². The van der Waals surface area contributed by atoms with Crippen molar-refractivity contribution in [3.8, 4) is 0 Å². The number of aromatic nitrogens is 2. The minimum absolute atomic E-state index is 0.170. The Kier molecular flexibility index (Phi) is 7.27. The smallest absolute Gasteiger partial charge is 0.416 e. The van der Waals surface area contributed by atoms with Gasteiger partial charge in [-0.05, 0) is 46.1 Å². The summed E-state index contributed by atoms with van der Waals surface area (Å²) in [6.45, 7) is 3.21. The van der Waals surface area contributed by atoms with Crippen LogP contribution in [0.2, 0.25) is 0 Å². The summed E-state index contributed by atoms with van der Waals surface area (Å²) in [4.78, 5) is 14.5. The molecule has 3 aromatic rings. The number of ether oxygens (including phenoxy) is 2. The zero-order valence-corrected chi connectivity index (χ0v) is 20.0. The van der Waals surface area contributed by atoms with Gasteiger partial charge in [-0.1, -0.05) is 42.5 Å². The van der Waals surface area contributed by atoms with E-state index in [1.807, 2.05) is 35.2 Å². The fourth-order valence-corrected chi connectivity index (χ4v) is 4.48. The lowest BCUT2D eigenvalue weighted by atomic mass is 10.1. The highest BCUT2D eigenvalue weighted by Gasteiger charge is 2.37. The highest BCUT2D eigenvalue weighted by Crippen LogP contribution is 2.38. The van der Waals surface area contributed by atoms with Crippen molar-refractivity contribution in [2.24, 2.45) is 0 Å². The fraction of sp³-hybridized carbons (Fsp3) is 0.333. The lowest BCUT2D eigenvalue weighted by Crippen LogP contribution is -2.25. The van der Waals surface area contributed by atoms with Gasteiger partial charge in [0.05, 0.1) is 31.4 Å². The van der Waals surface area contributed by atoms with Crippen LogP contribution in [0.4, 0.5) is 19.0 Å². The monoisotopic (exact) mass is 537 g/mol. The first-order valence-electron chi connectivity index (χ1n) is 10.8. The zero-order chi connectivity index (χ0) is 24.3. The Labute approximate surface area is 203 Å². The standard InChI is InChI=1S/C24H23BrF3N3O3/c1-2-34-23(32)20-21(25)29-31-19(15-33-14-16-7-4-3-5-8-16)13-30(22(20)31)12-17-9-6-10-18(11-17)24(26,27)28/h3-11,19H,2,12-15H2,1H3. The van der Waals surface area contributed by atoms with Crippen LogP contribution in [0.15, 0.2) is 59.2 Å². The van der Waals surface area contributed by atoms with Crippen LogP contribution in [0.1, 0.15) is 40.0 Å². The van der Waals surface area contributed by atoms with Crippen LogP contribution in [0, 0.1) is 0 Å². The predicted molar refractivity (Wildman–Crippen MR) is 124 cm³/mol. The lowest BCUT2D eigenvalue weighted by Gasteiger charge is -2.20. The molecule has 1 aliphatic rings. The molecule has 0 fully saturated rings. The summed E-state index contributed by atoms with van der Waals surface area (Å²) in [7, 11) is 0. The maximum absolute atomic E-state index is 13.2. The number of hydrogen-bond acceptors (Lipinski definition) is 5. The third-order valence-corrected chi connectivity index (χ3v) is 6.00. The van der Waals surface area contributed by atoms with Gasteiger partial charge in [-0.3, -0.25) is 0 Å². The molecule has 0 radical (unpaired) electrons. The van der Waals surface area contributed by atoms with Gasteiger partial charge in [0.15, 0.2) is 0 Å². The summed E-state index contributed by atoms with van der Waals surface area (Å²) in [5.41, 5.74) is 1.03. The van der Waals surface area contributed by atoms with Crippen LogP contribution >= 0.6 is 15.9 Å². The molecule has 0 saturated carbocycles. The van der Waals surface area contributed by atoms with Gasteiger partial charge in [-0.2, -0.15) is 18.3 Å². The van der Waals surface area contributed by atoms with E-state index in [1.54, 1.807) is 17.7 Å². The van der Waals surface area contributed by atoms with E-state index in [2.05, 4.69) is 21.0 Å². The molecule has 4 rings (SSSR count). The molecule has 34 heavy (non-hydrogen) atoms. The molecule has 0 aliphatic carbocycles. The molecule has 180 valence electrons. The zero-order valence-electron chi connectivity index (χ0n) is 18.4. The number of hydrogen-bond donors (Lipinski definition) is 0. The predicted octanol–water partition coefficient (Wildman–Crippen LogP) is 5.62. The summed E-state index contributed by atoms with van der Waals surface area (Å²) in [6, 6.07) is 14.7. The molecule has 0 N–H and O–H groups in total. The van der Waals surface area contributed by atoms with E-state index in [0.717, 1.165) is 17.7 Å². The number of halogens is 4. The third-order valence-electron chi connectivity index (χ3n) is 5.45. The number of fused-ring (bicyclic) bond motifs is 1. The lowest BCUT2D eigenvalue weighted by molar-refractivity contribution is -0.137. The Morgan fingerprint density at radius 2 is 1.88 bits per heavy atom. The van der Waals surface area contributed by atoms with Crippen molar-refractivity contribution >= 4 is 27.7 Å². The second-order valence-corrected chi connectivity index (χ2v) is 8.64. The highest BCUT2D eigenvalue weighted by atomic mass is 79.9. The van der Waals surface area contributed by atoms with Crippen LogP contribution in [-0.2, 0) is 28.8 Å². The number of alkyl halides is 3. The van der Waals surface area contributed by atoms with Crippen LogP contribution in [0.25, 0.3) is 0 Å². The highest BCUT2D eigenvalue weighted by molar-refractivity contribution is 9.10. The van der Waals surface area contributed by atoms with Gasteiger partial charge in [0, 0.05) is 13.1 Å². The molecule has 2 aromatic carbocycles. The summed E-state index contributed by atoms with van der Waals surface area (Å²) in [5, 5.41) is 4.48. The van der Waals surface area contributed by atoms with E-state index in [-0.39, 0.29) is 24.8 Å². The Hall–Kier alpha value is -2.85. The van der Waals surface area contributed by atoms with Gasteiger partial charge in [0.25, 0.3) is 0 Å². The number of rotatable bonds is 8. The first kappa shape index (κ1) is 24.3. The van der Waals surface area contributed by atoms with E-state index in [1.165, 1.54) is 6.07 Å². The summed E-state index contributed by atoms with van der Waals surface area (Å²) >= 11 is 3.35. The Morgan fingerprint density at radius 1 is 1.15 bits per heavy atom. The normalized spacial score (nSPS) is 15.4. The van der Waals surface area contributed by atoms with Crippen LogP contribution in [-0.4, -0.2) is 35.5 Å². The summed E-state index contributed by atoms with van der Waals surface area (Å²) < 4.78 is 52.7. The van der Waals surface area contributed by atoms with Crippen molar-refractivity contribution in [2.45, 2.75) is 32.3 Å². The molecular formula is C24H23BrF3N3O3. The molecule has 6 nitrogen and oxygen atoms in total. The number of benzene rings is 2. The second-order valence-electron chi connectivity index (χ2n) is 7.89. The maximum Gasteiger partial charge on any atom is 0.416 e. The Morgan fingerprint density at radius 3 is 2.59 bits per heavy atom. The van der Waals surface area contributed by atoms with Gasteiger partial charge < -0.3 is 14.4 Å². The maximum atomic E-state index is 13.2. The number of anilines is 1. The molecule has 1 aromatic heterocycles. The fourth-order valence-electron chi connectivity index (χ4n) is 3.97. The molecular weight excluding hydrogens is 515 g/mol. The molecule has 1 unspecified atom stereocenters. The van der Waals surface area contributed by atoms with Gasteiger partial charge in [0.1, 0.15) is 16.0 Å². The molecule has 2 heterocycles. The minimum atomic E-state index is -4.43. The van der Waals surface area contributed by atoms with Gasteiger partial charge >= 0.3 is 12.1 Å². The van der Waals surface area contributed by atoms with Crippen LogP contribution in [0.5, 0.6) is 0 Å². The molecule has 10 heteroatoms. The molecule has 1 atom stereocenters. The van der Waals surface area contributed by atoms with Gasteiger partial charge in [-0.15, -0.1) is 0 Å². The topological polar surface area (TPSA) is 56.6 Å². The average molecular weight is 538 g/mol. The molecule has 0 bridgehead atoms. The largest absolute Gasteiger partial charge is 0.462 e. The van der Waals surface area contributed by atoms with E-state index in [0.29, 0.717) is 35.7 Å². The SMILES string of the molecule is CCOC(=O)c1c(Br)nn2c1N(Cc1cccc(C(F)(F)F)c1)CC2COCc1ccccc1. The minimum Gasteiger partial charge on any atom is -0.462 e. The van der Waals surface area contributed by atoms with Crippen molar-refractivity contribution in [1.29, 1.82) is 0 Å². The summed E-state index contributed by atoms with van der Waals surface area (Å²) in [6.07, 6.45) is -4.43. The van der Waals surface area contributed by atoms with E-state index < -0.39 is 17.7 Å². The van der Waals surface area contributed by atoms with Crippen molar-refractivity contribution in [3.63, 3.8) is 0 Å². The van der Waals surface area contributed by atoms with E-state index >= 15 is 0 Å². The van der Waals surface area contributed by atoms with Crippen molar-refractivity contribution in [3.05, 3.63) is 81.5 Å². The first-order valence-corrected chi connectivity index (χ1v) is 11.5. The van der Waals surface area contributed by atoms with Crippen molar-refractivity contribution in [2.75, 3.05) is 24.7 Å². The molecule has 0 spiro atoms. The quantitative estimate of drug-likeness (QED) is 0.349. The Bertz CT molecular complexity index is 1150. The first-order chi connectivity index (χ1) is 16.3. The second kappa shape index (κ2) is 10.2. The van der Waals surface area contributed by atoms with Gasteiger partial charge in [-0.25, -0.2) is 9.48 Å². The van der Waals surface area contributed by atoms with Gasteiger partial charge in [0.2, 0.25) is 0 Å². The van der Waals surface area contributed by atoms with Crippen LogP contribution in [0.3, 0.4) is 0 Å². The molecule has 1 aliphatic heterocycles. The number of esters is 1. The van der Waals surface area contributed by atoms with E-state index in [9.17, 15) is 18.0 Å². The number of carbonyl (C=O) groups is 1. The van der Waals surface area contributed by atoms with Crippen molar-refractivity contribution in [1.82, 2.24) is 9.78 Å². The Balaban J connectivity index is 1.59. The summed E-state index contributed by atoms with van der Waals surface area (Å²) in [5.74, 6) is -0.0495. The van der Waals surface area contributed by atoms with Crippen LogP contribution < -0.4 is 4.90 Å². The van der Waals surface area contributed by atoms with Crippen molar-refractivity contribution < 1.29 is 27.4 Å².